The molecule has 0 fully saturated rings. The van der Waals surface area contributed by atoms with Crippen LogP contribution in [0.15, 0.2) is 29.1 Å². The van der Waals surface area contributed by atoms with Gasteiger partial charge in [-0.1, -0.05) is 17.7 Å². The predicted octanol–water partition coefficient (Wildman–Crippen LogP) is 3.63. The Kier molecular flexibility index (Phi) is 5.68. The number of aromatic nitrogens is 3. The van der Waals surface area contributed by atoms with Crippen LogP contribution in [0.5, 0.6) is 0 Å². The van der Waals surface area contributed by atoms with Gasteiger partial charge in [-0.05, 0) is 58.7 Å². The van der Waals surface area contributed by atoms with Crippen molar-refractivity contribution < 1.29 is 9.53 Å². The Morgan fingerprint density at radius 3 is 2.39 bits per heavy atom. The lowest BCUT2D eigenvalue weighted by Crippen LogP contribution is -2.26. The third kappa shape index (κ3) is 3.46. The van der Waals surface area contributed by atoms with Gasteiger partial charge in [0, 0.05) is 23.9 Å². The first-order valence-electron chi connectivity index (χ1n) is 9.73. The molecule has 6 nitrogen and oxygen atoms in total. The molecule has 1 aromatic carbocycles. The van der Waals surface area contributed by atoms with Gasteiger partial charge in [-0.3, -0.25) is 14.2 Å². The topological polar surface area (TPSA) is 66.1 Å². The number of ether oxygens (including phenoxy) is 1. The van der Waals surface area contributed by atoms with E-state index < -0.39 is 0 Å². The third-order valence-electron chi connectivity index (χ3n) is 5.10. The van der Waals surface area contributed by atoms with Crippen molar-refractivity contribution in [1.82, 2.24) is 14.3 Å². The average Bonchev–Trinajstić information content (AvgIpc) is 3.00. The summed E-state index contributed by atoms with van der Waals surface area (Å²) in [5.74, 6) is -0.281. The van der Waals surface area contributed by atoms with Gasteiger partial charge in [-0.25, -0.2) is 4.68 Å². The molecule has 0 spiro atoms. The van der Waals surface area contributed by atoms with Gasteiger partial charge < -0.3 is 4.74 Å². The summed E-state index contributed by atoms with van der Waals surface area (Å²) in [6.07, 6.45) is 0.568. The van der Waals surface area contributed by atoms with Gasteiger partial charge in [0.1, 0.15) is 5.65 Å². The molecule has 148 valence electrons. The molecule has 2 aromatic heterocycles. The van der Waals surface area contributed by atoms with E-state index in [9.17, 15) is 9.59 Å². The Morgan fingerprint density at radius 2 is 1.79 bits per heavy atom. The standard InChI is InChI=1S/C22H27N3O3/c1-6-24-21-20(15(4)18(22(24)27)12-13-19(26)28-7-2)16(5)23-25(21)17-10-8-14(3)9-11-17/h8-11H,6-7,12-13H2,1-5H3. The Morgan fingerprint density at radius 1 is 1.11 bits per heavy atom. The molecule has 3 aromatic rings. The van der Waals surface area contributed by atoms with E-state index in [0.29, 0.717) is 25.1 Å². The summed E-state index contributed by atoms with van der Waals surface area (Å²) >= 11 is 0. The highest BCUT2D eigenvalue weighted by Crippen LogP contribution is 2.26. The number of carbonyl (C=O) groups is 1. The molecule has 0 N–H and O–H groups in total. The van der Waals surface area contributed by atoms with Crippen LogP contribution in [0, 0.1) is 20.8 Å². The molecule has 0 saturated carbocycles. The quantitative estimate of drug-likeness (QED) is 0.612. The minimum atomic E-state index is -0.281. The fraction of sp³-hybridized carbons (Fsp3) is 0.409. The van der Waals surface area contributed by atoms with Crippen molar-refractivity contribution in [2.75, 3.05) is 6.61 Å². The first-order valence-corrected chi connectivity index (χ1v) is 9.73. The molecule has 0 unspecified atom stereocenters. The number of hydrogen-bond donors (Lipinski definition) is 0. The number of fused-ring (bicyclic) bond motifs is 1. The predicted molar refractivity (Wildman–Crippen MR) is 110 cm³/mol. The molecule has 0 aliphatic heterocycles. The molecular formula is C22H27N3O3. The zero-order valence-electron chi connectivity index (χ0n) is 17.2. The Labute approximate surface area is 164 Å². The van der Waals surface area contributed by atoms with Crippen molar-refractivity contribution in [1.29, 1.82) is 0 Å². The van der Waals surface area contributed by atoms with Gasteiger partial charge in [0.2, 0.25) is 0 Å². The molecule has 0 aliphatic rings. The number of pyridine rings is 1. The summed E-state index contributed by atoms with van der Waals surface area (Å²) in [4.78, 5) is 25.0. The van der Waals surface area contributed by atoms with E-state index >= 15 is 0 Å². The molecule has 0 amide bonds. The van der Waals surface area contributed by atoms with Crippen molar-refractivity contribution in [3.63, 3.8) is 0 Å². The molecule has 2 heterocycles. The summed E-state index contributed by atoms with van der Waals surface area (Å²) in [5, 5.41) is 5.70. The highest BCUT2D eigenvalue weighted by Gasteiger charge is 2.21. The first-order chi connectivity index (χ1) is 13.4. The van der Waals surface area contributed by atoms with Crippen molar-refractivity contribution in [3.8, 4) is 5.69 Å². The van der Waals surface area contributed by atoms with E-state index in [4.69, 9.17) is 9.84 Å². The van der Waals surface area contributed by atoms with Crippen LogP contribution in [0.1, 0.15) is 42.7 Å². The van der Waals surface area contributed by atoms with Crippen molar-refractivity contribution in [2.45, 2.75) is 54.0 Å². The number of aryl methyl sites for hydroxylation is 4. The van der Waals surface area contributed by atoms with Crippen LogP contribution in [0.2, 0.25) is 0 Å². The maximum Gasteiger partial charge on any atom is 0.306 e. The second-order valence-electron chi connectivity index (χ2n) is 6.99. The SMILES string of the molecule is CCOC(=O)CCc1c(C)c2c(C)nn(-c3ccc(C)cc3)c2n(CC)c1=O. The van der Waals surface area contributed by atoms with Crippen LogP contribution in [-0.4, -0.2) is 26.9 Å². The fourth-order valence-corrected chi connectivity index (χ4v) is 3.69. The zero-order valence-corrected chi connectivity index (χ0v) is 17.2. The Balaban J connectivity index is 2.20. The molecule has 0 saturated heterocycles. The van der Waals surface area contributed by atoms with Crippen LogP contribution < -0.4 is 5.56 Å². The van der Waals surface area contributed by atoms with Gasteiger partial charge >= 0.3 is 5.97 Å². The van der Waals surface area contributed by atoms with E-state index in [1.807, 2.05) is 56.6 Å². The van der Waals surface area contributed by atoms with Crippen molar-refractivity contribution in [2.24, 2.45) is 0 Å². The van der Waals surface area contributed by atoms with Crippen LogP contribution >= 0.6 is 0 Å². The number of hydrogen-bond acceptors (Lipinski definition) is 4. The maximum atomic E-state index is 13.2. The van der Waals surface area contributed by atoms with Gasteiger partial charge in [0.15, 0.2) is 0 Å². The molecule has 0 atom stereocenters. The summed E-state index contributed by atoms with van der Waals surface area (Å²) in [5.41, 5.74) is 5.24. The molecule has 0 radical (unpaired) electrons. The molecule has 0 bridgehead atoms. The van der Waals surface area contributed by atoms with Gasteiger partial charge in [0.05, 0.1) is 18.0 Å². The normalized spacial score (nSPS) is 11.2. The van der Waals surface area contributed by atoms with Crippen molar-refractivity contribution in [3.05, 3.63) is 57.0 Å². The lowest BCUT2D eigenvalue weighted by Gasteiger charge is -2.14. The van der Waals surface area contributed by atoms with Gasteiger partial charge in [-0.15, -0.1) is 0 Å². The molecule has 6 heteroatoms. The smallest absolute Gasteiger partial charge is 0.306 e. The van der Waals surface area contributed by atoms with Crippen LogP contribution in [0.4, 0.5) is 0 Å². The Bertz CT molecular complexity index is 1080. The highest BCUT2D eigenvalue weighted by molar-refractivity contribution is 5.85. The molecule has 28 heavy (non-hydrogen) atoms. The molecular weight excluding hydrogens is 354 g/mol. The monoisotopic (exact) mass is 381 g/mol. The minimum absolute atomic E-state index is 0.0648. The summed E-state index contributed by atoms with van der Waals surface area (Å²) in [7, 11) is 0. The fourth-order valence-electron chi connectivity index (χ4n) is 3.69. The average molecular weight is 381 g/mol. The van der Waals surface area contributed by atoms with Gasteiger partial charge in [-0.2, -0.15) is 5.10 Å². The lowest BCUT2D eigenvalue weighted by atomic mass is 10.0. The van der Waals surface area contributed by atoms with Crippen molar-refractivity contribution >= 4 is 17.0 Å². The largest absolute Gasteiger partial charge is 0.466 e. The lowest BCUT2D eigenvalue weighted by molar-refractivity contribution is -0.143. The molecule has 0 aliphatic carbocycles. The number of carbonyl (C=O) groups excluding carboxylic acids is 1. The number of esters is 1. The van der Waals surface area contributed by atoms with E-state index in [1.54, 1.807) is 11.5 Å². The second kappa shape index (κ2) is 8.00. The van der Waals surface area contributed by atoms with Crippen LogP contribution in [0.3, 0.4) is 0 Å². The highest BCUT2D eigenvalue weighted by atomic mass is 16.5. The summed E-state index contributed by atoms with van der Waals surface area (Å²) in [6, 6.07) is 8.09. The zero-order chi connectivity index (χ0) is 20.4. The van der Waals surface area contributed by atoms with E-state index in [-0.39, 0.29) is 17.9 Å². The third-order valence-corrected chi connectivity index (χ3v) is 5.10. The molecule has 3 rings (SSSR count). The van der Waals surface area contributed by atoms with E-state index in [1.165, 1.54) is 5.56 Å². The van der Waals surface area contributed by atoms with Crippen LogP contribution in [-0.2, 0) is 22.5 Å². The second-order valence-corrected chi connectivity index (χ2v) is 6.99. The van der Waals surface area contributed by atoms with Gasteiger partial charge in [0.25, 0.3) is 5.56 Å². The Hall–Kier alpha value is -2.89. The number of benzene rings is 1. The number of rotatable bonds is 6. The maximum absolute atomic E-state index is 13.2. The number of nitrogens with zero attached hydrogens (tertiary/aromatic N) is 3. The summed E-state index contributed by atoms with van der Waals surface area (Å²) in [6.45, 7) is 10.5. The van der Waals surface area contributed by atoms with Crippen LogP contribution in [0.25, 0.3) is 16.7 Å². The van der Waals surface area contributed by atoms with E-state index in [0.717, 1.165) is 28.0 Å². The van der Waals surface area contributed by atoms with E-state index in [2.05, 4.69) is 0 Å². The minimum Gasteiger partial charge on any atom is -0.466 e. The summed E-state index contributed by atoms with van der Waals surface area (Å²) < 4.78 is 8.62. The first kappa shape index (κ1) is 19.9.